The van der Waals surface area contributed by atoms with Crippen molar-refractivity contribution in [1.29, 1.82) is 0 Å². The molecule has 1 unspecified atom stereocenters. The Balaban J connectivity index is 1.97. The lowest BCUT2D eigenvalue weighted by Crippen LogP contribution is -2.06. The summed E-state index contributed by atoms with van der Waals surface area (Å²) in [4.78, 5) is 0. The third-order valence-corrected chi connectivity index (χ3v) is 4.30. The van der Waals surface area contributed by atoms with Crippen LogP contribution in [0.2, 0.25) is 0 Å². The molecule has 3 heteroatoms. The van der Waals surface area contributed by atoms with Crippen molar-refractivity contribution in [3.8, 4) is 5.75 Å². The van der Waals surface area contributed by atoms with Crippen LogP contribution in [0, 0.1) is 0 Å². The van der Waals surface area contributed by atoms with Gasteiger partial charge in [-0.1, -0.05) is 52.3 Å². The lowest BCUT2D eigenvalue weighted by molar-refractivity contribution is 0.474. The molecule has 1 atom stereocenters. The van der Waals surface area contributed by atoms with Crippen molar-refractivity contribution in [2.24, 2.45) is 0 Å². The van der Waals surface area contributed by atoms with Crippen molar-refractivity contribution >= 4 is 32.4 Å². The standard InChI is InChI=1S/C18H16BrNO/c1-12(13-5-4-6-14(21)11-13)20-18-10-9-17(19)15-7-2-3-8-16(15)18/h2-12,20-21H,1H3. The van der Waals surface area contributed by atoms with Crippen LogP contribution in [0.25, 0.3) is 10.8 Å². The van der Waals surface area contributed by atoms with Gasteiger partial charge < -0.3 is 10.4 Å². The van der Waals surface area contributed by atoms with Gasteiger partial charge >= 0.3 is 0 Å². The van der Waals surface area contributed by atoms with Crippen LogP contribution in [0.1, 0.15) is 18.5 Å². The van der Waals surface area contributed by atoms with Gasteiger partial charge in [-0.25, -0.2) is 0 Å². The number of benzene rings is 3. The molecule has 3 aromatic rings. The lowest BCUT2D eigenvalue weighted by atomic mass is 10.1. The van der Waals surface area contributed by atoms with Gasteiger partial charge in [0.15, 0.2) is 0 Å². The van der Waals surface area contributed by atoms with Crippen LogP contribution in [-0.4, -0.2) is 5.11 Å². The minimum absolute atomic E-state index is 0.113. The largest absolute Gasteiger partial charge is 0.508 e. The Kier molecular flexibility index (Phi) is 3.84. The number of fused-ring (bicyclic) bond motifs is 1. The van der Waals surface area contributed by atoms with Crippen LogP contribution >= 0.6 is 15.9 Å². The first-order chi connectivity index (χ1) is 10.1. The van der Waals surface area contributed by atoms with E-state index in [2.05, 4.69) is 52.4 Å². The van der Waals surface area contributed by atoms with E-state index in [1.54, 1.807) is 12.1 Å². The van der Waals surface area contributed by atoms with Crippen LogP contribution in [0.3, 0.4) is 0 Å². The van der Waals surface area contributed by atoms with Gasteiger partial charge in [0.2, 0.25) is 0 Å². The van der Waals surface area contributed by atoms with E-state index in [1.165, 1.54) is 10.8 Å². The number of hydrogen-bond acceptors (Lipinski definition) is 2. The minimum atomic E-state index is 0.113. The Morgan fingerprint density at radius 2 is 1.71 bits per heavy atom. The summed E-state index contributed by atoms with van der Waals surface area (Å²) >= 11 is 3.59. The molecule has 2 N–H and O–H groups in total. The summed E-state index contributed by atoms with van der Waals surface area (Å²) in [6, 6.07) is 19.9. The van der Waals surface area contributed by atoms with Crippen molar-refractivity contribution in [3.05, 3.63) is 70.7 Å². The second-order valence-corrected chi connectivity index (χ2v) is 5.96. The summed E-state index contributed by atoms with van der Waals surface area (Å²) in [6.45, 7) is 2.09. The average Bonchev–Trinajstić information content (AvgIpc) is 2.50. The number of phenols is 1. The van der Waals surface area contributed by atoms with E-state index >= 15 is 0 Å². The molecule has 2 nitrogen and oxygen atoms in total. The molecule has 0 radical (unpaired) electrons. The summed E-state index contributed by atoms with van der Waals surface area (Å²) in [5, 5.41) is 15.5. The fraction of sp³-hybridized carbons (Fsp3) is 0.111. The number of phenolic OH excluding ortho intramolecular Hbond substituents is 1. The SMILES string of the molecule is CC(Nc1ccc(Br)c2ccccc12)c1cccc(O)c1. The number of anilines is 1. The molecule has 106 valence electrons. The van der Waals surface area contributed by atoms with Crippen LogP contribution in [0.15, 0.2) is 65.1 Å². The number of hydrogen-bond donors (Lipinski definition) is 2. The zero-order valence-electron chi connectivity index (χ0n) is 11.7. The Bertz CT molecular complexity index is 785. The number of aromatic hydroxyl groups is 1. The topological polar surface area (TPSA) is 32.3 Å². The maximum absolute atomic E-state index is 9.60. The Labute approximate surface area is 132 Å². The highest BCUT2D eigenvalue weighted by Gasteiger charge is 2.09. The Morgan fingerprint density at radius 3 is 2.48 bits per heavy atom. The van der Waals surface area contributed by atoms with Gasteiger partial charge in [-0.3, -0.25) is 0 Å². The van der Waals surface area contributed by atoms with Gasteiger partial charge in [0.25, 0.3) is 0 Å². The zero-order chi connectivity index (χ0) is 14.8. The highest BCUT2D eigenvalue weighted by molar-refractivity contribution is 9.10. The highest BCUT2D eigenvalue weighted by atomic mass is 79.9. The molecule has 21 heavy (non-hydrogen) atoms. The molecule has 0 heterocycles. The number of halogens is 1. The van der Waals surface area contributed by atoms with E-state index in [4.69, 9.17) is 0 Å². The van der Waals surface area contributed by atoms with Crippen LogP contribution < -0.4 is 5.32 Å². The number of rotatable bonds is 3. The molecule has 0 bridgehead atoms. The molecule has 0 aliphatic rings. The van der Waals surface area contributed by atoms with E-state index in [0.717, 1.165) is 15.7 Å². The van der Waals surface area contributed by atoms with Crippen molar-refractivity contribution in [2.75, 3.05) is 5.32 Å². The van der Waals surface area contributed by atoms with Gasteiger partial charge in [-0.05, 0) is 42.1 Å². The first-order valence-corrected chi connectivity index (χ1v) is 7.67. The molecule has 0 aliphatic carbocycles. The monoisotopic (exact) mass is 341 g/mol. The van der Waals surface area contributed by atoms with Crippen LogP contribution in [-0.2, 0) is 0 Å². The van der Waals surface area contributed by atoms with Gasteiger partial charge in [0.05, 0.1) is 0 Å². The molecule has 0 amide bonds. The molecule has 3 rings (SSSR count). The molecular formula is C18H16BrNO. The van der Waals surface area contributed by atoms with Gasteiger partial charge in [0, 0.05) is 21.6 Å². The normalized spacial score (nSPS) is 12.3. The van der Waals surface area contributed by atoms with Crippen molar-refractivity contribution in [1.82, 2.24) is 0 Å². The van der Waals surface area contributed by atoms with Gasteiger partial charge in [-0.2, -0.15) is 0 Å². The van der Waals surface area contributed by atoms with Gasteiger partial charge in [0.1, 0.15) is 5.75 Å². The van der Waals surface area contributed by atoms with E-state index < -0.39 is 0 Å². The molecular weight excluding hydrogens is 326 g/mol. The zero-order valence-corrected chi connectivity index (χ0v) is 13.3. The van der Waals surface area contributed by atoms with Crippen LogP contribution in [0.5, 0.6) is 5.75 Å². The lowest BCUT2D eigenvalue weighted by Gasteiger charge is -2.18. The second-order valence-electron chi connectivity index (χ2n) is 5.10. The van der Waals surface area contributed by atoms with Crippen molar-refractivity contribution < 1.29 is 5.11 Å². The van der Waals surface area contributed by atoms with Crippen molar-refractivity contribution in [2.45, 2.75) is 13.0 Å². The highest BCUT2D eigenvalue weighted by Crippen LogP contribution is 2.32. The third-order valence-electron chi connectivity index (χ3n) is 3.61. The fourth-order valence-electron chi connectivity index (χ4n) is 2.50. The molecule has 0 aromatic heterocycles. The molecule has 0 saturated heterocycles. The maximum atomic E-state index is 9.60. The molecule has 0 aliphatic heterocycles. The van der Waals surface area contributed by atoms with E-state index in [0.29, 0.717) is 5.75 Å². The second kappa shape index (κ2) is 5.78. The molecule has 0 fully saturated rings. The summed E-state index contributed by atoms with van der Waals surface area (Å²) in [7, 11) is 0. The fourth-order valence-corrected chi connectivity index (χ4v) is 2.98. The first kappa shape index (κ1) is 14.0. The van der Waals surface area contributed by atoms with Crippen LogP contribution in [0.4, 0.5) is 5.69 Å². The van der Waals surface area contributed by atoms with E-state index in [-0.39, 0.29) is 6.04 Å². The quantitative estimate of drug-likeness (QED) is 0.660. The molecule has 0 saturated carbocycles. The summed E-state index contributed by atoms with van der Waals surface area (Å²) < 4.78 is 1.09. The summed E-state index contributed by atoms with van der Waals surface area (Å²) in [6.07, 6.45) is 0. The number of nitrogens with one attached hydrogen (secondary N) is 1. The van der Waals surface area contributed by atoms with E-state index in [9.17, 15) is 5.11 Å². The van der Waals surface area contributed by atoms with Crippen molar-refractivity contribution in [3.63, 3.8) is 0 Å². The molecule has 0 spiro atoms. The predicted molar refractivity (Wildman–Crippen MR) is 91.8 cm³/mol. The average molecular weight is 342 g/mol. The maximum Gasteiger partial charge on any atom is 0.115 e. The smallest absolute Gasteiger partial charge is 0.115 e. The Morgan fingerprint density at radius 1 is 0.952 bits per heavy atom. The summed E-state index contributed by atoms with van der Waals surface area (Å²) in [5.41, 5.74) is 2.15. The predicted octanol–water partition coefficient (Wildman–Crippen LogP) is 5.48. The van der Waals surface area contributed by atoms with E-state index in [1.807, 2.05) is 24.3 Å². The first-order valence-electron chi connectivity index (χ1n) is 6.88. The third kappa shape index (κ3) is 2.88. The molecule has 3 aromatic carbocycles. The Hall–Kier alpha value is -2.00. The van der Waals surface area contributed by atoms with Gasteiger partial charge in [-0.15, -0.1) is 0 Å². The summed E-state index contributed by atoms with van der Waals surface area (Å²) in [5.74, 6) is 0.293. The minimum Gasteiger partial charge on any atom is -0.508 e.